The third-order valence-corrected chi connectivity index (χ3v) is 5.12. The fraction of sp³-hybridized carbons (Fsp3) is 0.550. The smallest absolute Gasteiger partial charge is 0.257 e. The summed E-state index contributed by atoms with van der Waals surface area (Å²) in [5.74, 6) is 0.0472. The van der Waals surface area contributed by atoms with Gasteiger partial charge in [-0.3, -0.25) is 14.4 Å². The van der Waals surface area contributed by atoms with Gasteiger partial charge in [0.15, 0.2) is 0 Å². The Bertz CT molecular complexity index is 766. The molecule has 1 fully saturated rings. The second-order valence-electron chi connectivity index (χ2n) is 7.22. The lowest BCUT2D eigenvalue weighted by Gasteiger charge is -2.42. The fourth-order valence-electron chi connectivity index (χ4n) is 3.78. The normalized spacial score (nSPS) is 24.2. The van der Waals surface area contributed by atoms with E-state index in [9.17, 15) is 14.4 Å². The Morgan fingerprint density at radius 1 is 1.29 bits per heavy atom. The maximum atomic E-state index is 13.0. The summed E-state index contributed by atoms with van der Waals surface area (Å²) in [6.07, 6.45) is 1.27. The Morgan fingerprint density at radius 2 is 2.07 bits per heavy atom. The second-order valence-corrected chi connectivity index (χ2v) is 7.22. The summed E-state index contributed by atoms with van der Waals surface area (Å²) in [6.45, 7) is 4.19. The van der Waals surface area contributed by atoms with E-state index in [-0.39, 0.29) is 36.0 Å². The molecule has 2 aliphatic rings. The molecule has 0 spiro atoms. The summed E-state index contributed by atoms with van der Waals surface area (Å²) >= 11 is 0. The number of carbonyl (C=O) groups is 3. The number of benzene rings is 1. The number of nitrogens with one attached hydrogen (secondary N) is 2. The van der Waals surface area contributed by atoms with Crippen LogP contribution in [0, 0.1) is 0 Å². The molecule has 3 rings (SSSR count). The lowest BCUT2D eigenvalue weighted by molar-refractivity contribution is -0.134. The van der Waals surface area contributed by atoms with E-state index in [4.69, 9.17) is 9.47 Å². The van der Waals surface area contributed by atoms with E-state index < -0.39 is 0 Å². The molecule has 2 N–H and O–H groups in total. The minimum absolute atomic E-state index is 0.0296. The first-order valence-electron chi connectivity index (χ1n) is 9.62. The molecule has 152 valence electrons. The quantitative estimate of drug-likeness (QED) is 0.814. The van der Waals surface area contributed by atoms with Gasteiger partial charge < -0.3 is 25.0 Å². The topological polar surface area (TPSA) is 97.0 Å². The molecular weight excluding hydrogens is 362 g/mol. The molecule has 1 aromatic rings. The zero-order chi connectivity index (χ0) is 20.3. The third kappa shape index (κ3) is 4.44. The maximum absolute atomic E-state index is 13.0. The molecule has 0 saturated carbocycles. The van der Waals surface area contributed by atoms with Crippen molar-refractivity contribution < 1.29 is 23.9 Å². The third-order valence-electron chi connectivity index (χ3n) is 5.12. The summed E-state index contributed by atoms with van der Waals surface area (Å²) in [5.41, 5.74) is 0.965. The van der Waals surface area contributed by atoms with Gasteiger partial charge in [-0.05, 0) is 38.0 Å². The highest BCUT2D eigenvalue weighted by Crippen LogP contribution is 2.32. The number of anilines is 1. The van der Waals surface area contributed by atoms with Crippen molar-refractivity contribution >= 4 is 23.4 Å². The monoisotopic (exact) mass is 389 g/mol. The summed E-state index contributed by atoms with van der Waals surface area (Å²) in [6, 6.07) is 4.89. The van der Waals surface area contributed by atoms with Gasteiger partial charge in [0.1, 0.15) is 18.5 Å². The number of fused-ring (bicyclic) bond motifs is 2. The van der Waals surface area contributed by atoms with E-state index in [1.807, 2.05) is 6.92 Å². The van der Waals surface area contributed by atoms with E-state index in [0.29, 0.717) is 43.0 Å². The lowest BCUT2D eigenvalue weighted by atomic mass is 9.94. The molecule has 3 amide bonds. The van der Waals surface area contributed by atoms with Crippen molar-refractivity contribution in [1.29, 1.82) is 0 Å². The van der Waals surface area contributed by atoms with Gasteiger partial charge in [-0.1, -0.05) is 0 Å². The molecule has 0 aromatic heterocycles. The summed E-state index contributed by atoms with van der Waals surface area (Å²) in [5, 5.41) is 5.48. The van der Waals surface area contributed by atoms with Crippen molar-refractivity contribution in [1.82, 2.24) is 10.2 Å². The molecule has 2 aliphatic heterocycles. The van der Waals surface area contributed by atoms with Crippen molar-refractivity contribution in [3.05, 3.63) is 23.8 Å². The predicted molar refractivity (Wildman–Crippen MR) is 103 cm³/mol. The second kappa shape index (κ2) is 8.60. The van der Waals surface area contributed by atoms with Crippen LogP contribution in [-0.4, -0.2) is 61.1 Å². The Hall–Kier alpha value is -2.61. The zero-order valence-corrected chi connectivity index (χ0v) is 16.5. The average molecular weight is 389 g/mol. The highest BCUT2D eigenvalue weighted by molar-refractivity contribution is 5.99. The number of hydrogen-bond acceptors (Lipinski definition) is 5. The largest absolute Gasteiger partial charge is 0.490 e. The van der Waals surface area contributed by atoms with Gasteiger partial charge in [-0.25, -0.2) is 0 Å². The van der Waals surface area contributed by atoms with Crippen LogP contribution in [0.25, 0.3) is 0 Å². The van der Waals surface area contributed by atoms with Crippen molar-refractivity contribution in [2.24, 2.45) is 0 Å². The zero-order valence-electron chi connectivity index (χ0n) is 16.5. The van der Waals surface area contributed by atoms with Crippen LogP contribution in [0.1, 0.15) is 43.5 Å². The van der Waals surface area contributed by atoms with E-state index in [1.54, 1.807) is 30.1 Å². The Balaban J connectivity index is 1.77. The fourth-order valence-corrected chi connectivity index (χ4v) is 3.78. The molecule has 8 nitrogen and oxygen atoms in total. The molecular formula is C20H27N3O5. The van der Waals surface area contributed by atoms with Crippen LogP contribution in [0.15, 0.2) is 18.2 Å². The van der Waals surface area contributed by atoms with Crippen LogP contribution in [0.3, 0.4) is 0 Å². The van der Waals surface area contributed by atoms with Gasteiger partial charge in [0, 0.05) is 26.2 Å². The van der Waals surface area contributed by atoms with E-state index in [1.165, 1.54) is 6.92 Å². The van der Waals surface area contributed by atoms with Gasteiger partial charge in [-0.15, -0.1) is 0 Å². The van der Waals surface area contributed by atoms with Gasteiger partial charge in [0.05, 0.1) is 24.1 Å². The minimum Gasteiger partial charge on any atom is -0.490 e. The molecule has 8 heteroatoms. The van der Waals surface area contributed by atoms with Crippen molar-refractivity contribution in [2.75, 3.05) is 25.5 Å². The van der Waals surface area contributed by atoms with Crippen LogP contribution < -0.4 is 15.4 Å². The molecule has 1 saturated heterocycles. The highest BCUT2D eigenvalue weighted by atomic mass is 16.5. The van der Waals surface area contributed by atoms with Crippen LogP contribution in [0.4, 0.5) is 5.69 Å². The van der Waals surface area contributed by atoms with Crippen LogP contribution in [0.5, 0.6) is 5.75 Å². The minimum atomic E-state index is -0.301. The Labute approximate surface area is 164 Å². The molecule has 0 unspecified atom stereocenters. The van der Waals surface area contributed by atoms with Gasteiger partial charge in [0.25, 0.3) is 5.91 Å². The maximum Gasteiger partial charge on any atom is 0.257 e. The number of nitrogens with zero attached hydrogens (tertiary/aromatic N) is 1. The Morgan fingerprint density at radius 3 is 2.79 bits per heavy atom. The van der Waals surface area contributed by atoms with Crippen molar-refractivity contribution in [3.8, 4) is 5.75 Å². The molecule has 0 radical (unpaired) electrons. The van der Waals surface area contributed by atoms with Gasteiger partial charge in [0.2, 0.25) is 11.8 Å². The van der Waals surface area contributed by atoms with E-state index >= 15 is 0 Å². The lowest BCUT2D eigenvalue weighted by Crippen LogP contribution is -2.53. The molecule has 0 aliphatic carbocycles. The van der Waals surface area contributed by atoms with Crippen molar-refractivity contribution in [3.63, 3.8) is 0 Å². The summed E-state index contributed by atoms with van der Waals surface area (Å²) in [4.78, 5) is 37.9. The molecule has 0 bridgehead atoms. The van der Waals surface area contributed by atoms with Crippen LogP contribution in [-0.2, 0) is 14.3 Å². The summed E-state index contributed by atoms with van der Waals surface area (Å²) in [7, 11) is 1.76. The number of hydrogen-bond donors (Lipinski definition) is 2. The van der Waals surface area contributed by atoms with Gasteiger partial charge in [-0.2, -0.15) is 0 Å². The number of rotatable bonds is 4. The first-order valence-corrected chi connectivity index (χ1v) is 9.62. The highest BCUT2D eigenvalue weighted by Gasteiger charge is 2.39. The first kappa shape index (κ1) is 20.1. The standard InChI is InChI=1S/C20H27N3O5/c1-4-21-19(25)10-14-6-7-16-18(28-14)11-27-17-8-5-13(22-12(2)24)9-15(17)20(26)23(16)3/h5,8-9,14,16,18H,4,6-7,10-11H2,1-3H3,(H,21,25)(H,22,24)/t14-,16-,18+/m1/s1. The number of carbonyl (C=O) groups excluding carboxylic acids is 3. The predicted octanol–water partition coefficient (Wildman–Crippen LogP) is 1.55. The van der Waals surface area contributed by atoms with Gasteiger partial charge >= 0.3 is 0 Å². The van der Waals surface area contributed by atoms with Crippen LogP contribution in [0.2, 0.25) is 0 Å². The Kier molecular flexibility index (Phi) is 6.18. The molecule has 28 heavy (non-hydrogen) atoms. The van der Waals surface area contributed by atoms with E-state index in [2.05, 4.69) is 10.6 Å². The molecule has 2 heterocycles. The SMILES string of the molecule is CCNC(=O)C[C@H]1CC[C@@H]2[C@H](COc3ccc(NC(C)=O)cc3C(=O)N2C)O1. The van der Waals surface area contributed by atoms with E-state index in [0.717, 1.165) is 6.42 Å². The molecule has 3 atom stereocenters. The first-order chi connectivity index (χ1) is 13.4. The number of ether oxygens (including phenoxy) is 2. The molecule has 1 aromatic carbocycles. The number of amides is 3. The van der Waals surface area contributed by atoms with Crippen LogP contribution >= 0.6 is 0 Å². The number of likely N-dealkylation sites (N-methyl/N-ethyl adjacent to an activating group) is 1. The van der Waals surface area contributed by atoms with Crippen molar-refractivity contribution in [2.45, 2.75) is 51.4 Å². The average Bonchev–Trinajstić information content (AvgIpc) is 2.65. The summed E-state index contributed by atoms with van der Waals surface area (Å²) < 4.78 is 12.0.